The van der Waals surface area contributed by atoms with Crippen LogP contribution >= 0.6 is 11.6 Å². The van der Waals surface area contributed by atoms with Gasteiger partial charge in [0.2, 0.25) is 0 Å². The first-order valence-corrected chi connectivity index (χ1v) is 7.20. The van der Waals surface area contributed by atoms with Crippen molar-refractivity contribution in [1.29, 1.82) is 0 Å². The Morgan fingerprint density at radius 3 is 2.81 bits per heavy atom. The summed E-state index contributed by atoms with van der Waals surface area (Å²) in [4.78, 5) is 0. The minimum Gasteiger partial charge on any atom is -0.377 e. The van der Waals surface area contributed by atoms with Gasteiger partial charge in [0.1, 0.15) is 0 Å². The van der Waals surface area contributed by atoms with E-state index in [0.29, 0.717) is 12.2 Å². The fraction of sp³-hybridized carbons (Fsp3) is 0.188. The zero-order valence-corrected chi connectivity index (χ0v) is 12.4. The Morgan fingerprint density at radius 2 is 2.00 bits per heavy atom. The molecule has 0 aliphatic rings. The fourth-order valence-electron chi connectivity index (χ4n) is 2.39. The van der Waals surface area contributed by atoms with Crippen molar-refractivity contribution >= 4 is 28.2 Å². The van der Waals surface area contributed by atoms with Crippen molar-refractivity contribution in [2.45, 2.75) is 20.0 Å². The zero-order chi connectivity index (χ0) is 14.8. The lowest BCUT2D eigenvalue weighted by Crippen LogP contribution is -2.04. The molecule has 0 atom stereocenters. The largest absolute Gasteiger partial charge is 0.377 e. The molecule has 0 aliphatic carbocycles. The van der Waals surface area contributed by atoms with Crippen LogP contribution in [0.25, 0.3) is 10.9 Å². The number of hydrogen-bond donors (Lipinski definition) is 1. The Labute approximate surface area is 127 Å². The Morgan fingerprint density at radius 1 is 1.19 bits per heavy atom. The van der Waals surface area contributed by atoms with Crippen LogP contribution in [-0.4, -0.2) is 9.78 Å². The van der Waals surface area contributed by atoms with E-state index in [2.05, 4.69) is 10.4 Å². The predicted octanol–water partition coefficient (Wildman–Crippen LogP) is 4.46. The van der Waals surface area contributed by atoms with E-state index in [0.717, 1.165) is 23.1 Å². The molecule has 0 saturated heterocycles. The van der Waals surface area contributed by atoms with Crippen molar-refractivity contribution in [2.75, 3.05) is 5.32 Å². The molecule has 3 aromatic rings. The van der Waals surface area contributed by atoms with Crippen molar-refractivity contribution in [3.63, 3.8) is 0 Å². The number of benzene rings is 2. The number of aromatic nitrogens is 2. The summed E-state index contributed by atoms with van der Waals surface area (Å²) in [5.41, 5.74) is 2.37. The molecule has 0 fully saturated rings. The van der Waals surface area contributed by atoms with Gasteiger partial charge < -0.3 is 5.32 Å². The number of hydrogen-bond acceptors (Lipinski definition) is 2. The van der Waals surface area contributed by atoms with E-state index in [-0.39, 0.29) is 5.02 Å². The molecule has 0 radical (unpaired) electrons. The lowest BCUT2D eigenvalue weighted by molar-refractivity contribution is 0.629. The Hall–Kier alpha value is -2.07. The number of fused-ring (bicyclic) bond motifs is 1. The van der Waals surface area contributed by atoms with E-state index >= 15 is 0 Å². The van der Waals surface area contributed by atoms with Gasteiger partial charge in [0.05, 0.1) is 28.5 Å². The van der Waals surface area contributed by atoms with Gasteiger partial charge in [-0.05, 0) is 25.1 Å². The van der Waals surface area contributed by atoms with E-state index in [1.807, 2.05) is 35.9 Å². The van der Waals surface area contributed by atoms with Crippen molar-refractivity contribution < 1.29 is 4.39 Å². The maximum absolute atomic E-state index is 13.9. The second-order valence-electron chi connectivity index (χ2n) is 4.73. The number of aryl methyl sites for hydroxylation is 1. The van der Waals surface area contributed by atoms with Gasteiger partial charge >= 0.3 is 0 Å². The van der Waals surface area contributed by atoms with Gasteiger partial charge in [-0.15, -0.1) is 0 Å². The van der Waals surface area contributed by atoms with Crippen LogP contribution in [0.5, 0.6) is 0 Å². The van der Waals surface area contributed by atoms with Crippen LogP contribution in [0, 0.1) is 5.82 Å². The highest BCUT2D eigenvalue weighted by Crippen LogP contribution is 2.24. The molecule has 0 aliphatic heterocycles. The Balaban J connectivity index is 1.90. The lowest BCUT2D eigenvalue weighted by atomic mass is 10.2. The summed E-state index contributed by atoms with van der Waals surface area (Å²) in [6.45, 7) is 3.30. The fourth-order valence-corrected chi connectivity index (χ4v) is 2.56. The molecular formula is C16H15ClFN3. The summed E-state index contributed by atoms with van der Waals surface area (Å²) in [7, 11) is 0. The zero-order valence-electron chi connectivity index (χ0n) is 11.6. The highest BCUT2D eigenvalue weighted by molar-refractivity contribution is 6.31. The Kier molecular flexibility index (Phi) is 3.80. The van der Waals surface area contributed by atoms with E-state index in [1.54, 1.807) is 12.1 Å². The summed E-state index contributed by atoms with van der Waals surface area (Å²) in [6, 6.07) is 13.0. The highest BCUT2D eigenvalue weighted by Gasteiger charge is 2.10. The predicted molar refractivity (Wildman–Crippen MR) is 84.1 cm³/mol. The van der Waals surface area contributed by atoms with E-state index in [4.69, 9.17) is 11.6 Å². The molecule has 0 saturated carbocycles. The van der Waals surface area contributed by atoms with Crippen LogP contribution in [0.2, 0.25) is 5.02 Å². The first-order valence-electron chi connectivity index (χ1n) is 6.83. The molecule has 1 N–H and O–H groups in total. The van der Waals surface area contributed by atoms with Crippen LogP contribution < -0.4 is 5.32 Å². The SMILES string of the molecule is CCn1nc(CNc2cccc(Cl)c2F)c2ccccc21. The topological polar surface area (TPSA) is 29.9 Å². The summed E-state index contributed by atoms with van der Waals surface area (Å²) >= 11 is 5.78. The maximum Gasteiger partial charge on any atom is 0.164 e. The van der Waals surface area contributed by atoms with Gasteiger partial charge in [-0.25, -0.2) is 4.39 Å². The van der Waals surface area contributed by atoms with Gasteiger partial charge in [0, 0.05) is 11.9 Å². The third-order valence-corrected chi connectivity index (χ3v) is 3.72. The van der Waals surface area contributed by atoms with Gasteiger partial charge in [0.15, 0.2) is 5.82 Å². The smallest absolute Gasteiger partial charge is 0.164 e. The van der Waals surface area contributed by atoms with Gasteiger partial charge in [-0.3, -0.25) is 4.68 Å². The molecule has 5 heteroatoms. The van der Waals surface area contributed by atoms with Crippen LogP contribution in [0.4, 0.5) is 10.1 Å². The molecular weight excluding hydrogens is 289 g/mol. The summed E-state index contributed by atoms with van der Waals surface area (Å²) < 4.78 is 15.8. The number of nitrogens with zero attached hydrogens (tertiary/aromatic N) is 2. The quantitative estimate of drug-likeness (QED) is 0.771. The molecule has 0 spiro atoms. The molecule has 1 aromatic heterocycles. The molecule has 108 valence electrons. The highest BCUT2D eigenvalue weighted by atomic mass is 35.5. The second-order valence-corrected chi connectivity index (χ2v) is 5.14. The molecule has 21 heavy (non-hydrogen) atoms. The molecule has 3 nitrogen and oxygen atoms in total. The van der Waals surface area contributed by atoms with E-state index < -0.39 is 5.82 Å². The number of rotatable bonds is 4. The molecule has 3 rings (SSSR count). The van der Waals surface area contributed by atoms with Crippen molar-refractivity contribution in [3.05, 3.63) is 59.0 Å². The van der Waals surface area contributed by atoms with Gasteiger partial charge in [0.25, 0.3) is 0 Å². The third kappa shape index (κ3) is 2.59. The van der Waals surface area contributed by atoms with Crippen LogP contribution in [-0.2, 0) is 13.1 Å². The standard InChI is InChI=1S/C16H15ClFN3/c1-2-21-15-9-4-3-6-11(15)14(20-21)10-19-13-8-5-7-12(17)16(13)18/h3-9,19H,2,10H2,1H3. The minimum absolute atomic E-state index is 0.115. The maximum atomic E-state index is 13.9. The van der Waals surface area contributed by atoms with Crippen LogP contribution in [0.1, 0.15) is 12.6 Å². The van der Waals surface area contributed by atoms with Crippen molar-refractivity contribution in [2.24, 2.45) is 0 Å². The van der Waals surface area contributed by atoms with Crippen molar-refractivity contribution in [3.8, 4) is 0 Å². The van der Waals surface area contributed by atoms with Crippen LogP contribution in [0.3, 0.4) is 0 Å². The molecule has 0 amide bonds. The summed E-state index contributed by atoms with van der Waals surface area (Å²) in [5.74, 6) is -0.432. The van der Waals surface area contributed by atoms with Gasteiger partial charge in [-0.1, -0.05) is 35.9 Å². The number of anilines is 1. The first-order chi connectivity index (χ1) is 10.2. The van der Waals surface area contributed by atoms with Crippen LogP contribution in [0.15, 0.2) is 42.5 Å². The monoisotopic (exact) mass is 303 g/mol. The average molecular weight is 304 g/mol. The number of halogens is 2. The van der Waals surface area contributed by atoms with E-state index in [9.17, 15) is 4.39 Å². The van der Waals surface area contributed by atoms with E-state index in [1.165, 1.54) is 6.07 Å². The normalized spacial score (nSPS) is 11.0. The number of nitrogens with one attached hydrogen (secondary N) is 1. The molecule has 0 unspecified atom stereocenters. The minimum atomic E-state index is -0.432. The molecule has 2 aromatic carbocycles. The summed E-state index contributed by atoms with van der Waals surface area (Å²) in [5, 5.41) is 8.83. The first kappa shape index (κ1) is 13.9. The summed E-state index contributed by atoms with van der Waals surface area (Å²) in [6.07, 6.45) is 0. The second kappa shape index (κ2) is 5.74. The third-order valence-electron chi connectivity index (χ3n) is 3.43. The molecule has 0 bridgehead atoms. The number of para-hydroxylation sites is 1. The average Bonchev–Trinajstić information content (AvgIpc) is 2.87. The Bertz CT molecular complexity index is 782. The lowest BCUT2D eigenvalue weighted by Gasteiger charge is -2.07. The molecule has 1 heterocycles. The van der Waals surface area contributed by atoms with Crippen molar-refractivity contribution in [1.82, 2.24) is 9.78 Å². The van der Waals surface area contributed by atoms with Gasteiger partial charge in [-0.2, -0.15) is 5.10 Å².